The third-order valence-corrected chi connectivity index (χ3v) is 4.65. The quantitative estimate of drug-likeness (QED) is 0.909. The van der Waals surface area contributed by atoms with Gasteiger partial charge in [-0.25, -0.2) is 19.4 Å². The predicted molar refractivity (Wildman–Crippen MR) is 86.9 cm³/mol. The highest BCUT2D eigenvalue weighted by molar-refractivity contribution is 5.89. The summed E-state index contributed by atoms with van der Waals surface area (Å²) in [4.78, 5) is 22.8. The first kappa shape index (κ1) is 15.1. The molecule has 3 heterocycles. The third-order valence-electron chi connectivity index (χ3n) is 4.65. The number of nitrogens with zero attached hydrogens (tertiary/aromatic N) is 5. The molecule has 8 nitrogen and oxygen atoms in total. The molecule has 0 aromatic carbocycles. The number of carbonyl (C=O) groups is 1. The van der Waals surface area contributed by atoms with Crippen LogP contribution in [0.25, 0.3) is 5.82 Å². The molecular weight excluding hydrogens is 308 g/mol. The maximum absolute atomic E-state index is 12.6. The number of hydrogen-bond donors (Lipinski definition) is 1. The van der Waals surface area contributed by atoms with E-state index < -0.39 is 0 Å². The molecule has 1 aliphatic heterocycles. The van der Waals surface area contributed by atoms with E-state index in [2.05, 4.69) is 20.4 Å². The second kappa shape index (κ2) is 6.56. The number of hydrogen-bond acceptors (Lipinski definition) is 5. The Morgan fingerprint density at radius 3 is 3.00 bits per heavy atom. The standard InChI is InChI=1S/C16H20N6O2/c23-16(21-7-8-24-14-4-2-1-3-13(14)21)20-12-5-6-15(18-9-12)22-11-17-10-19-22/h5-6,9-11,13-14H,1-4,7-8H2,(H,20,23)/t13-,14+/m0/s1. The summed E-state index contributed by atoms with van der Waals surface area (Å²) in [5.41, 5.74) is 0.669. The number of nitrogens with one attached hydrogen (secondary N) is 1. The van der Waals surface area contributed by atoms with E-state index >= 15 is 0 Å². The number of anilines is 1. The maximum Gasteiger partial charge on any atom is 0.322 e. The molecular formula is C16H20N6O2. The van der Waals surface area contributed by atoms with Crippen LogP contribution in [0.5, 0.6) is 0 Å². The highest BCUT2D eigenvalue weighted by atomic mass is 16.5. The van der Waals surface area contributed by atoms with Crippen LogP contribution in [-0.2, 0) is 4.74 Å². The minimum absolute atomic E-state index is 0.0782. The molecule has 2 atom stereocenters. The third kappa shape index (κ3) is 2.96. The number of aromatic nitrogens is 4. The van der Waals surface area contributed by atoms with Crippen molar-refractivity contribution in [3.05, 3.63) is 31.0 Å². The van der Waals surface area contributed by atoms with Crippen molar-refractivity contribution in [3.8, 4) is 5.82 Å². The van der Waals surface area contributed by atoms with Gasteiger partial charge in [0.05, 0.1) is 30.6 Å². The first-order valence-electron chi connectivity index (χ1n) is 8.31. The Kier molecular flexibility index (Phi) is 4.12. The lowest BCUT2D eigenvalue weighted by Crippen LogP contribution is -2.55. The Labute approximate surface area is 139 Å². The van der Waals surface area contributed by atoms with Crippen LogP contribution in [0.1, 0.15) is 25.7 Å². The average molecular weight is 328 g/mol. The van der Waals surface area contributed by atoms with E-state index in [1.807, 2.05) is 11.0 Å². The fourth-order valence-corrected chi connectivity index (χ4v) is 3.47. The van der Waals surface area contributed by atoms with Gasteiger partial charge < -0.3 is 15.0 Å². The van der Waals surface area contributed by atoms with E-state index in [1.165, 1.54) is 12.7 Å². The molecule has 0 bridgehead atoms. The Hall–Kier alpha value is -2.48. The van der Waals surface area contributed by atoms with Crippen LogP contribution in [-0.4, -0.2) is 56.0 Å². The van der Waals surface area contributed by atoms with Crippen molar-refractivity contribution in [2.75, 3.05) is 18.5 Å². The molecule has 0 spiro atoms. The Morgan fingerprint density at radius 2 is 2.21 bits per heavy atom. The van der Waals surface area contributed by atoms with Crippen molar-refractivity contribution >= 4 is 11.7 Å². The van der Waals surface area contributed by atoms with Gasteiger partial charge in [0.15, 0.2) is 5.82 Å². The summed E-state index contributed by atoms with van der Waals surface area (Å²) in [7, 11) is 0. The molecule has 1 saturated carbocycles. The molecule has 1 saturated heterocycles. The molecule has 1 N–H and O–H groups in total. The highest BCUT2D eigenvalue weighted by Gasteiger charge is 2.36. The van der Waals surface area contributed by atoms with Gasteiger partial charge in [-0.05, 0) is 25.0 Å². The molecule has 2 amide bonds. The summed E-state index contributed by atoms with van der Waals surface area (Å²) >= 11 is 0. The van der Waals surface area contributed by atoms with Gasteiger partial charge in [-0.3, -0.25) is 0 Å². The van der Waals surface area contributed by atoms with Crippen LogP contribution < -0.4 is 5.32 Å². The maximum atomic E-state index is 12.6. The predicted octanol–water partition coefficient (Wildman–Crippen LogP) is 1.84. The molecule has 4 rings (SSSR count). The highest BCUT2D eigenvalue weighted by Crippen LogP contribution is 2.28. The van der Waals surface area contributed by atoms with Gasteiger partial charge >= 0.3 is 6.03 Å². The summed E-state index contributed by atoms with van der Waals surface area (Å²) in [6, 6.07) is 3.73. The molecule has 126 valence electrons. The van der Waals surface area contributed by atoms with Crippen molar-refractivity contribution < 1.29 is 9.53 Å². The smallest absolute Gasteiger partial charge is 0.322 e. The van der Waals surface area contributed by atoms with Crippen LogP contribution in [0.3, 0.4) is 0 Å². The van der Waals surface area contributed by atoms with Crippen LogP contribution in [0.15, 0.2) is 31.0 Å². The molecule has 2 aromatic rings. The van der Waals surface area contributed by atoms with Gasteiger partial charge in [-0.2, -0.15) is 5.10 Å². The topological polar surface area (TPSA) is 85.2 Å². The average Bonchev–Trinajstić information content (AvgIpc) is 3.16. The van der Waals surface area contributed by atoms with Gasteiger partial charge in [0, 0.05) is 6.54 Å². The van der Waals surface area contributed by atoms with Gasteiger partial charge in [-0.15, -0.1) is 0 Å². The number of morpholine rings is 1. The molecule has 0 unspecified atom stereocenters. The fraction of sp³-hybridized carbons (Fsp3) is 0.500. The van der Waals surface area contributed by atoms with E-state index in [4.69, 9.17) is 4.74 Å². The van der Waals surface area contributed by atoms with Crippen molar-refractivity contribution in [2.24, 2.45) is 0 Å². The lowest BCUT2D eigenvalue weighted by Gasteiger charge is -2.43. The number of amides is 2. The largest absolute Gasteiger partial charge is 0.374 e. The molecule has 2 fully saturated rings. The second-order valence-electron chi connectivity index (χ2n) is 6.13. The number of ether oxygens (including phenoxy) is 1. The summed E-state index contributed by atoms with van der Waals surface area (Å²) in [5.74, 6) is 0.657. The Balaban J connectivity index is 1.43. The molecule has 2 aromatic heterocycles. The van der Waals surface area contributed by atoms with Crippen molar-refractivity contribution in [1.29, 1.82) is 0 Å². The lowest BCUT2D eigenvalue weighted by atomic mass is 9.90. The molecule has 1 aliphatic carbocycles. The number of rotatable bonds is 2. The van der Waals surface area contributed by atoms with Crippen molar-refractivity contribution in [3.63, 3.8) is 0 Å². The summed E-state index contributed by atoms with van der Waals surface area (Å²) in [6.45, 7) is 1.25. The van der Waals surface area contributed by atoms with Crippen LogP contribution >= 0.6 is 0 Å². The molecule has 2 aliphatic rings. The zero-order valence-corrected chi connectivity index (χ0v) is 13.3. The number of carbonyl (C=O) groups excluding carboxylic acids is 1. The minimum atomic E-state index is -0.0782. The van der Waals surface area contributed by atoms with Crippen LogP contribution in [0.2, 0.25) is 0 Å². The molecule has 0 radical (unpaired) electrons. The summed E-state index contributed by atoms with van der Waals surface area (Å²) in [6.07, 6.45) is 9.25. The van der Waals surface area contributed by atoms with Gasteiger partial charge in [0.1, 0.15) is 12.7 Å². The molecule has 24 heavy (non-hydrogen) atoms. The number of urea groups is 1. The number of fused-ring (bicyclic) bond motifs is 1. The van der Waals surface area contributed by atoms with Crippen molar-refractivity contribution in [2.45, 2.75) is 37.8 Å². The van der Waals surface area contributed by atoms with E-state index in [0.29, 0.717) is 24.7 Å². The van der Waals surface area contributed by atoms with E-state index in [1.54, 1.807) is 23.3 Å². The Morgan fingerprint density at radius 1 is 1.29 bits per heavy atom. The monoisotopic (exact) mass is 328 g/mol. The first-order chi connectivity index (χ1) is 11.8. The normalized spacial score (nSPS) is 23.6. The summed E-state index contributed by atoms with van der Waals surface area (Å²) < 4.78 is 7.39. The van der Waals surface area contributed by atoms with E-state index in [-0.39, 0.29) is 18.2 Å². The van der Waals surface area contributed by atoms with Gasteiger partial charge in [0.25, 0.3) is 0 Å². The van der Waals surface area contributed by atoms with E-state index in [0.717, 1.165) is 19.3 Å². The van der Waals surface area contributed by atoms with Crippen molar-refractivity contribution in [1.82, 2.24) is 24.6 Å². The van der Waals surface area contributed by atoms with Gasteiger partial charge in [-0.1, -0.05) is 12.8 Å². The minimum Gasteiger partial charge on any atom is -0.374 e. The second-order valence-corrected chi connectivity index (χ2v) is 6.13. The number of pyridine rings is 1. The van der Waals surface area contributed by atoms with Crippen LogP contribution in [0, 0.1) is 0 Å². The SMILES string of the molecule is O=C(Nc1ccc(-n2cncn2)nc1)N1CCO[C@@H]2CCCC[C@@H]21. The summed E-state index contributed by atoms with van der Waals surface area (Å²) in [5, 5.41) is 6.97. The van der Waals surface area contributed by atoms with Gasteiger partial charge in [0.2, 0.25) is 0 Å². The zero-order chi connectivity index (χ0) is 16.4. The first-order valence-corrected chi connectivity index (χ1v) is 8.31. The molecule has 8 heteroatoms. The van der Waals surface area contributed by atoms with Crippen LogP contribution in [0.4, 0.5) is 10.5 Å². The van der Waals surface area contributed by atoms with E-state index in [9.17, 15) is 4.79 Å². The Bertz CT molecular complexity index is 685. The lowest BCUT2D eigenvalue weighted by molar-refractivity contribution is -0.0694. The zero-order valence-electron chi connectivity index (χ0n) is 13.3. The fourth-order valence-electron chi connectivity index (χ4n) is 3.47.